The van der Waals surface area contributed by atoms with Crippen LogP contribution in [0, 0.1) is 0 Å². The standard InChI is InChI=1S/C12H16ClN.C5H11NOS/c1-14-8-6-11(7-9-14)10-2-4-12(13)5-3-10;1-6(2)5(7)4-8-3/h2-5,11H,6-9H2,1H3;4H2,1-3H3. The molecular formula is C17H27ClN2OS. The fourth-order valence-corrected chi connectivity index (χ4v) is 2.96. The van der Waals surface area contributed by atoms with Crippen molar-refractivity contribution in [3.63, 3.8) is 0 Å². The maximum absolute atomic E-state index is 10.6. The lowest BCUT2D eigenvalue weighted by atomic mass is 9.90. The highest BCUT2D eigenvalue weighted by Crippen LogP contribution is 2.28. The van der Waals surface area contributed by atoms with Crippen LogP contribution in [0.5, 0.6) is 0 Å². The fourth-order valence-electron chi connectivity index (χ4n) is 2.33. The molecule has 1 fully saturated rings. The lowest BCUT2D eigenvalue weighted by molar-refractivity contribution is -0.125. The van der Waals surface area contributed by atoms with E-state index in [2.05, 4.69) is 24.1 Å². The van der Waals surface area contributed by atoms with E-state index in [1.54, 1.807) is 30.8 Å². The first kappa shape index (κ1) is 19.3. The molecule has 3 nitrogen and oxygen atoms in total. The van der Waals surface area contributed by atoms with E-state index < -0.39 is 0 Å². The van der Waals surface area contributed by atoms with Gasteiger partial charge in [0.2, 0.25) is 5.91 Å². The van der Waals surface area contributed by atoms with Crippen molar-refractivity contribution >= 4 is 29.3 Å². The number of hydrogen-bond acceptors (Lipinski definition) is 3. The molecule has 22 heavy (non-hydrogen) atoms. The van der Waals surface area contributed by atoms with Crippen molar-refractivity contribution in [2.45, 2.75) is 18.8 Å². The van der Waals surface area contributed by atoms with E-state index in [-0.39, 0.29) is 5.91 Å². The quantitative estimate of drug-likeness (QED) is 0.838. The topological polar surface area (TPSA) is 23.6 Å². The van der Waals surface area contributed by atoms with Gasteiger partial charge in [0.15, 0.2) is 0 Å². The summed E-state index contributed by atoms with van der Waals surface area (Å²) in [4.78, 5) is 14.6. The maximum Gasteiger partial charge on any atom is 0.232 e. The Morgan fingerprint density at radius 2 is 1.82 bits per heavy atom. The number of carbonyl (C=O) groups excluding carboxylic acids is 1. The highest BCUT2D eigenvalue weighted by molar-refractivity contribution is 7.99. The third kappa shape index (κ3) is 7.03. The van der Waals surface area contributed by atoms with Crippen LogP contribution < -0.4 is 0 Å². The van der Waals surface area contributed by atoms with Crippen molar-refractivity contribution in [1.82, 2.24) is 9.80 Å². The molecule has 0 bridgehead atoms. The van der Waals surface area contributed by atoms with Gasteiger partial charge in [0, 0.05) is 19.1 Å². The van der Waals surface area contributed by atoms with E-state index in [0.29, 0.717) is 5.75 Å². The van der Waals surface area contributed by atoms with Crippen molar-refractivity contribution in [1.29, 1.82) is 0 Å². The Bertz CT molecular complexity index is 442. The van der Waals surface area contributed by atoms with Crippen molar-refractivity contribution in [3.8, 4) is 0 Å². The summed E-state index contributed by atoms with van der Waals surface area (Å²) in [6, 6.07) is 8.32. The van der Waals surface area contributed by atoms with Gasteiger partial charge >= 0.3 is 0 Å². The van der Waals surface area contributed by atoms with E-state index in [0.717, 1.165) is 10.9 Å². The van der Waals surface area contributed by atoms with E-state index in [1.807, 2.05) is 18.4 Å². The lowest BCUT2D eigenvalue weighted by Crippen LogP contribution is -2.29. The number of benzene rings is 1. The summed E-state index contributed by atoms with van der Waals surface area (Å²) in [5.74, 6) is 1.51. The second-order valence-corrected chi connectivity index (χ2v) is 7.15. The van der Waals surface area contributed by atoms with Crippen molar-refractivity contribution < 1.29 is 4.79 Å². The second-order valence-electron chi connectivity index (χ2n) is 5.85. The van der Waals surface area contributed by atoms with E-state index >= 15 is 0 Å². The molecule has 0 spiro atoms. The molecule has 0 atom stereocenters. The minimum Gasteiger partial charge on any atom is -0.348 e. The number of amides is 1. The summed E-state index contributed by atoms with van der Waals surface area (Å²) >= 11 is 7.41. The lowest BCUT2D eigenvalue weighted by Gasteiger charge is -2.29. The summed E-state index contributed by atoms with van der Waals surface area (Å²) in [6.45, 7) is 2.43. The molecule has 124 valence electrons. The van der Waals surface area contributed by atoms with Gasteiger partial charge < -0.3 is 9.80 Å². The first-order valence-electron chi connectivity index (χ1n) is 7.57. The van der Waals surface area contributed by atoms with Gasteiger partial charge in [0.25, 0.3) is 0 Å². The molecule has 0 aromatic heterocycles. The predicted octanol–water partition coefficient (Wildman–Crippen LogP) is 3.59. The van der Waals surface area contributed by atoms with Crippen LogP contribution in [0.1, 0.15) is 24.3 Å². The summed E-state index contributed by atoms with van der Waals surface area (Å²) in [6.07, 6.45) is 4.47. The Kier molecular flexibility index (Phi) is 8.91. The fraction of sp³-hybridized carbons (Fsp3) is 0.588. The zero-order valence-electron chi connectivity index (χ0n) is 14.0. The van der Waals surface area contributed by atoms with Gasteiger partial charge in [-0.25, -0.2) is 0 Å². The first-order chi connectivity index (χ1) is 10.4. The average Bonchev–Trinajstić information content (AvgIpc) is 2.50. The van der Waals surface area contributed by atoms with E-state index in [1.165, 1.54) is 31.5 Å². The Balaban J connectivity index is 0.000000261. The molecule has 0 saturated carbocycles. The Hall–Kier alpha value is -0.710. The summed E-state index contributed by atoms with van der Waals surface area (Å²) in [5.41, 5.74) is 1.45. The molecule has 0 aliphatic carbocycles. The van der Waals surface area contributed by atoms with Gasteiger partial charge in [-0.15, -0.1) is 0 Å². The third-order valence-electron chi connectivity index (χ3n) is 3.83. The van der Waals surface area contributed by atoms with Crippen LogP contribution >= 0.6 is 23.4 Å². The Morgan fingerprint density at radius 3 is 2.23 bits per heavy atom. The van der Waals surface area contributed by atoms with Crippen LogP contribution in [0.4, 0.5) is 0 Å². The van der Waals surface area contributed by atoms with Gasteiger partial charge in [-0.1, -0.05) is 23.7 Å². The van der Waals surface area contributed by atoms with Crippen LogP contribution in [0.2, 0.25) is 5.02 Å². The Labute approximate surface area is 144 Å². The number of carbonyl (C=O) groups is 1. The number of likely N-dealkylation sites (tertiary alicyclic amines) is 1. The van der Waals surface area contributed by atoms with Crippen LogP contribution in [0.15, 0.2) is 24.3 Å². The van der Waals surface area contributed by atoms with Crippen LogP contribution in [-0.4, -0.2) is 61.9 Å². The Morgan fingerprint density at radius 1 is 1.27 bits per heavy atom. The molecule has 5 heteroatoms. The normalized spacial score (nSPS) is 15.9. The zero-order chi connectivity index (χ0) is 16.5. The maximum atomic E-state index is 10.6. The van der Waals surface area contributed by atoms with Gasteiger partial charge in [-0.3, -0.25) is 4.79 Å². The second kappa shape index (κ2) is 10.1. The van der Waals surface area contributed by atoms with Crippen LogP contribution in [0.3, 0.4) is 0 Å². The SMILES string of the molecule is CN1CCC(c2ccc(Cl)cc2)CC1.CSCC(=O)N(C)C. The molecule has 1 saturated heterocycles. The van der Waals surface area contributed by atoms with Gasteiger partial charge in [0.05, 0.1) is 5.75 Å². The molecule has 1 aliphatic rings. The summed E-state index contributed by atoms with van der Waals surface area (Å²) in [7, 11) is 5.72. The van der Waals surface area contributed by atoms with Crippen LogP contribution in [-0.2, 0) is 4.79 Å². The number of hydrogen-bond donors (Lipinski definition) is 0. The largest absolute Gasteiger partial charge is 0.348 e. The monoisotopic (exact) mass is 342 g/mol. The number of halogens is 1. The zero-order valence-corrected chi connectivity index (χ0v) is 15.6. The van der Waals surface area contributed by atoms with E-state index in [4.69, 9.17) is 11.6 Å². The van der Waals surface area contributed by atoms with Gasteiger partial charge in [0.1, 0.15) is 0 Å². The van der Waals surface area contributed by atoms with Gasteiger partial charge in [-0.2, -0.15) is 11.8 Å². The first-order valence-corrected chi connectivity index (χ1v) is 9.34. The van der Waals surface area contributed by atoms with Crippen molar-refractivity contribution in [2.75, 3.05) is 46.2 Å². The number of rotatable bonds is 3. The molecule has 0 radical (unpaired) electrons. The molecule has 2 rings (SSSR count). The number of nitrogens with zero attached hydrogens (tertiary/aromatic N) is 2. The summed E-state index contributed by atoms with van der Waals surface area (Å²) < 4.78 is 0. The third-order valence-corrected chi connectivity index (χ3v) is 4.61. The molecule has 1 aromatic carbocycles. The highest BCUT2D eigenvalue weighted by atomic mass is 35.5. The smallest absolute Gasteiger partial charge is 0.232 e. The molecule has 0 unspecified atom stereocenters. The van der Waals surface area contributed by atoms with E-state index in [9.17, 15) is 4.79 Å². The highest BCUT2D eigenvalue weighted by Gasteiger charge is 2.17. The molecule has 1 heterocycles. The summed E-state index contributed by atoms with van der Waals surface area (Å²) in [5, 5.41) is 0.835. The predicted molar refractivity (Wildman–Crippen MR) is 98.0 cm³/mol. The number of piperidine rings is 1. The molecule has 1 amide bonds. The molecule has 0 N–H and O–H groups in total. The van der Waals surface area contributed by atoms with Crippen molar-refractivity contribution in [2.24, 2.45) is 0 Å². The molecule has 1 aliphatic heterocycles. The molecular weight excluding hydrogens is 316 g/mol. The minimum absolute atomic E-state index is 0.178. The molecule has 1 aromatic rings. The van der Waals surface area contributed by atoms with Crippen molar-refractivity contribution in [3.05, 3.63) is 34.9 Å². The van der Waals surface area contributed by atoms with Gasteiger partial charge in [-0.05, 0) is 62.8 Å². The minimum atomic E-state index is 0.178. The van der Waals surface area contributed by atoms with Crippen LogP contribution in [0.25, 0.3) is 0 Å². The number of thioether (sulfide) groups is 1. The average molecular weight is 343 g/mol.